The van der Waals surface area contributed by atoms with Gasteiger partial charge in [-0.25, -0.2) is 0 Å². The Labute approximate surface area is 124 Å². The molecule has 3 N–H and O–H groups in total. The number of benzene rings is 2. The number of pyridine rings is 1. The number of nitrogens with two attached hydrogens (primary N) is 1. The third-order valence-corrected chi connectivity index (χ3v) is 3.74. The van der Waals surface area contributed by atoms with Crippen LogP contribution in [0, 0.1) is 0 Å². The van der Waals surface area contributed by atoms with E-state index >= 15 is 0 Å². The molecule has 0 saturated carbocycles. The van der Waals surface area contributed by atoms with Crippen LogP contribution in [0.5, 0.6) is 0 Å². The fraction of sp³-hybridized carbons (Fsp3) is 0.167. The topological polar surface area (TPSA) is 50.9 Å². The maximum Gasteiger partial charge on any atom is 0.0300 e. The van der Waals surface area contributed by atoms with Gasteiger partial charge in [0.1, 0.15) is 0 Å². The van der Waals surface area contributed by atoms with Gasteiger partial charge in [-0.05, 0) is 40.8 Å². The normalized spacial score (nSPS) is 12.4. The molecule has 0 aliphatic carbocycles. The summed E-state index contributed by atoms with van der Waals surface area (Å²) in [7, 11) is 0. The van der Waals surface area contributed by atoms with Crippen molar-refractivity contribution in [1.29, 1.82) is 0 Å². The first-order chi connectivity index (χ1) is 10.3. The molecule has 1 unspecified atom stereocenters. The average Bonchev–Trinajstić information content (AvgIpc) is 2.55. The molecular weight excluding hydrogens is 258 g/mol. The predicted molar refractivity (Wildman–Crippen MR) is 86.7 cm³/mol. The van der Waals surface area contributed by atoms with Gasteiger partial charge in [0, 0.05) is 18.4 Å². The second kappa shape index (κ2) is 6.48. The van der Waals surface area contributed by atoms with Crippen LogP contribution in [0.25, 0.3) is 10.8 Å². The molecule has 0 fully saturated rings. The number of hydrogen-bond acceptors (Lipinski definition) is 3. The number of hydrazine groups is 1. The third-order valence-electron chi connectivity index (χ3n) is 3.74. The molecule has 3 aromatic rings. The molecular formula is C18H19N3. The van der Waals surface area contributed by atoms with E-state index in [9.17, 15) is 0 Å². The zero-order chi connectivity index (χ0) is 14.5. The molecule has 0 aliphatic heterocycles. The van der Waals surface area contributed by atoms with Crippen molar-refractivity contribution < 1.29 is 0 Å². The van der Waals surface area contributed by atoms with Gasteiger partial charge in [0.2, 0.25) is 0 Å². The molecule has 0 amide bonds. The van der Waals surface area contributed by atoms with E-state index in [2.05, 4.69) is 58.9 Å². The largest absolute Gasteiger partial charge is 0.271 e. The zero-order valence-electron chi connectivity index (χ0n) is 11.9. The van der Waals surface area contributed by atoms with E-state index in [0.717, 1.165) is 12.8 Å². The van der Waals surface area contributed by atoms with E-state index in [1.54, 1.807) is 6.20 Å². The van der Waals surface area contributed by atoms with E-state index < -0.39 is 0 Å². The minimum atomic E-state index is 0.204. The molecule has 3 rings (SSSR count). The molecule has 0 bridgehead atoms. The first-order valence-corrected chi connectivity index (χ1v) is 7.18. The van der Waals surface area contributed by atoms with E-state index in [-0.39, 0.29) is 6.04 Å². The number of nitrogens with zero attached hydrogens (tertiary/aromatic N) is 1. The maximum absolute atomic E-state index is 5.71. The van der Waals surface area contributed by atoms with Gasteiger partial charge in [-0.1, -0.05) is 48.5 Å². The van der Waals surface area contributed by atoms with Crippen LogP contribution in [-0.2, 0) is 12.8 Å². The first-order valence-electron chi connectivity index (χ1n) is 7.18. The van der Waals surface area contributed by atoms with Gasteiger partial charge in [-0.2, -0.15) is 0 Å². The van der Waals surface area contributed by atoms with Crippen LogP contribution < -0.4 is 11.3 Å². The fourth-order valence-electron chi connectivity index (χ4n) is 2.64. The zero-order valence-corrected chi connectivity index (χ0v) is 11.9. The molecule has 1 aromatic heterocycles. The molecule has 2 aromatic carbocycles. The Bertz CT molecular complexity index is 710. The van der Waals surface area contributed by atoms with Gasteiger partial charge >= 0.3 is 0 Å². The van der Waals surface area contributed by atoms with Gasteiger partial charge in [0.15, 0.2) is 0 Å². The third kappa shape index (κ3) is 3.45. The lowest BCUT2D eigenvalue weighted by molar-refractivity contribution is 0.522. The van der Waals surface area contributed by atoms with Crippen molar-refractivity contribution in [2.75, 3.05) is 0 Å². The Morgan fingerprint density at radius 3 is 2.48 bits per heavy atom. The second-order valence-corrected chi connectivity index (χ2v) is 5.31. The Kier molecular flexibility index (Phi) is 4.24. The lowest BCUT2D eigenvalue weighted by atomic mass is 9.98. The van der Waals surface area contributed by atoms with Crippen LogP contribution >= 0.6 is 0 Å². The standard InChI is InChI=1S/C18H19N3/c19-21-18(12-15-4-3-9-20-13-15)11-14-7-8-16-5-1-2-6-17(16)10-14/h1-10,13,18,21H,11-12,19H2. The molecule has 0 radical (unpaired) electrons. The van der Waals surface area contributed by atoms with Crippen molar-refractivity contribution in [3.8, 4) is 0 Å². The SMILES string of the molecule is NNC(Cc1cccnc1)Cc1ccc2ccccc2c1. The monoisotopic (exact) mass is 277 g/mol. The molecule has 0 aliphatic rings. The van der Waals surface area contributed by atoms with Gasteiger partial charge in [0.05, 0.1) is 0 Å². The summed E-state index contributed by atoms with van der Waals surface area (Å²) >= 11 is 0. The molecule has 1 atom stereocenters. The highest BCUT2D eigenvalue weighted by Gasteiger charge is 2.09. The maximum atomic E-state index is 5.71. The van der Waals surface area contributed by atoms with Crippen molar-refractivity contribution in [2.24, 2.45) is 5.84 Å². The highest BCUT2D eigenvalue weighted by atomic mass is 15.2. The number of fused-ring (bicyclic) bond motifs is 1. The average molecular weight is 277 g/mol. The predicted octanol–water partition coefficient (Wildman–Crippen LogP) is 2.85. The van der Waals surface area contributed by atoms with Crippen LogP contribution in [0.3, 0.4) is 0 Å². The second-order valence-electron chi connectivity index (χ2n) is 5.31. The van der Waals surface area contributed by atoms with Gasteiger partial charge < -0.3 is 0 Å². The van der Waals surface area contributed by atoms with Gasteiger partial charge in [-0.15, -0.1) is 0 Å². The lowest BCUT2D eigenvalue weighted by Crippen LogP contribution is -2.38. The first kappa shape index (κ1) is 13.7. The fourth-order valence-corrected chi connectivity index (χ4v) is 2.64. The summed E-state index contributed by atoms with van der Waals surface area (Å²) in [4.78, 5) is 4.15. The highest BCUT2D eigenvalue weighted by molar-refractivity contribution is 5.82. The van der Waals surface area contributed by atoms with Crippen LogP contribution in [0.1, 0.15) is 11.1 Å². The number of nitrogens with one attached hydrogen (secondary N) is 1. The summed E-state index contributed by atoms with van der Waals surface area (Å²) < 4.78 is 0. The molecule has 0 saturated heterocycles. The molecule has 1 heterocycles. The van der Waals surface area contributed by atoms with Crippen molar-refractivity contribution in [2.45, 2.75) is 18.9 Å². The van der Waals surface area contributed by atoms with Gasteiger partial charge in [0.25, 0.3) is 0 Å². The Balaban J connectivity index is 1.76. The summed E-state index contributed by atoms with van der Waals surface area (Å²) in [5, 5.41) is 2.54. The molecule has 106 valence electrons. The molecule has 21 heavy (non-hydrogen) atoms. The summed E-state index contributed by atoms with van der Waals surface area (Å²) in [6, 6.07) is 19.2. The smallest absolute Gasteiger partial charge is 0.0300 e. The number of aromatic nitrogens is 1. The Morgan fingerprint density at radius 1 is 0.905 bits per heavy atom. The summed E-state index contributed by atoms with van der Waals surface area (Å²) in [5.41, 5.74) is 5.41. The van der Waals surface area contributed by atoms with E-state index in [1.807, 2.05) is 12.3 Å². The molecule has 3 heteroatoms. The summed E-state index contributed by atoms with van der Waals surface area (Å²) in [6.45, 7) is 0. The minimum Gasteiger partial charge on any atom is -0.271 e. The van der Waals surface area contributed by atoms with E-state index in [4.69, 9.17) is 5.84 Å². The van der Waals surface area contributed by atoms with Crippen molar-refractivity contribution >= 4 is 10.8 Å². The Hall–Kier alpha value is -2.23. The van der Waals surface area contributed by atoms with Crippen molar-refractivity contribution in [1.82, 2.24) is 10.4 Å². The molecule has 3 nitrogen and oxygen atoms in total. The van der Waals surface area contributed by atoms with Crippen molar-refractivity contribution in [3.05, 3.63) is 78.1 Å². The summed E-state index contributed by atoms with van der Waals surface area (Å²) in [6.07, 6.45) is 5.45. The van der Waals surface area contributed by atoms with Crippen LogP contribution in [0.4, 0.5) is 0 Å². The molecule has 0 spiro atoms. The minimum absolute atomic E-state index is 0.204. The van der Waals surface area contributed by atoms with Crippen LogP contribution in [0.15, 0.2) is 67.0 Å². The summed E-state index contributed by atoms with van der Waals surface area (Å²) in [5.74, 6) is 5.71. The van der Waals surface area contributed by atoms with E-state index in [0.29, 0.717) is 0 Å². The van der Waals surface area contributed by atoms with Gasteiger partial charge in [-0.3, -0.25) is 16.3 Å². The number of hydrogen-bond donors (Lipinski definition) is 2. The Morgan fingerprint density at radius 2 is 1.71 bits per heavy atom. The van der Waals surface area contributed by atoms with E-state index in [1.165, 1.54) is 21.9 Å². The quantitative estimate of drug-likeness (QED) is 0.557. The van der Waals surface area contributed by atoms with Crippen molar-refractivity contribution in [3.63, 3.8) is 0 Å². The lowest BCUT2D eigenvalue weighted by Gasteiger charge is -2.16. The highest BCUT2D eigenvalue weighted by Crippen LogP contribution is 2.17. The van der Waals surface area contributed by atoms with Crippen LogP contribution in [-0.4, -0.2) is 11.0 Å². The van der Waals surface area contributed by atoms with Crippen LogP contribution in [0.2, 0.25) is 0 Å². The number of rotatable bonds is 5.